The molecule has 2 aromatic rings. The normalized spacial score (nSPS) is 10.2. The second-order valence-electron chi connectivity index (χ2n) is 4.71. The van der Waals surface area contributed by atoms with E-state index in [2.05, 4.69) is 0 Å². The van der Waals surface area contributed by atoms with Gasteiger partial charge < -0.3 is 15.0 Å². The fourth-order valence-corrected chi connectivity index (χ4v) is 2.44. The van der Waals surface area contributed by atoms with Crippen molar-refractivity contribution < 1.29 is 9.53 Å². The Morgan fingerprint density at radius 1 is 1.48 bits per heavy atom. The average molecular weight is 283 g/mol. The van der Waals surface area contributed by atoms with E-state index in [0.29, 0.717) is 0 Å². The Morgan fingerprint density at radius 2 is 2.19 bits per heavy atom. The van der Waals surface area contributed by atoms with E-state index in [0.717, 1.165) is 23.2 Å². The van der Waals surface area contributed by atoms with Crippen LogP contribution in [0.1, 0.15) is 34.1 Å². The molecule has 0 saturated carbocycles. The molecule has 5 nitrogen and oxygen atoms in total. The zero-order chi connectivity index (χ0) is 15.6. The van der Waals surface area contributed by atoms with Crippen molar-refractivity contribution in [3.8, 4) is 11.8 Å². The standard InChI is InChI=1S/C16H17N3O2/c1-4-11-7-5-6-10(2)14(11)19-9-12(8-17)13(18)15(19)16(20)21-3/h5-7,9H,4,18H2,1-3H3. The van der Waals surface area contributed by atoms with Crippen LogP contribution in [0.25, 0.3) is 5.69 Å². The summed E-state index contributed by atoms with van der Waals surface area (Å²) < 4.78 is 6.46. The van der Waals surface area contributed by atoms with E-state index in [9.17, 15) is 4.79 Å². The summed E-state index contributed by atoms with van der Waals surface area (Å²) in [6, 6.07) is 7.92. The van der Waals surface area contributed by atoms with Crippen LogP contribution in [0.5, 0.6) is 0 Å². The number of rotatable bonds is 3. The summed E-state index contributed by atoms with van der Waals surface area (Å²) in [5.41, 5.74) is 9.47. The van der Waals surface area contributed by atoms with E-state index in [1.54, 1.807) is 10.8 Å². The molecule has 0 amide bonds. The molecule has 0 bridgehead atoms. The number of ether oxygens (including phenoxy) is 1. The monoisotopic (exact) mass is 283 g/mol. The number of aryl methyl sites for hydroxylation is 2. The van der Waals surface area contributed by atoms with Gasteiger partial charge in [0.1, 0.15) is 6.07 Å². The molecule has 1 aromatic heterocycles. The Hall–Kier alpha value is -2.74. The van der Waals surface area contributed by atoms with E-state index >= 15 is 0 Å². The van der Waals surface area contributed by atoms with Crippen LogP contribution in [0, 0.1) is 18.3 Å². The van der Waals surface area contributed by atoms with E-state index < -0.39 is 5.97 Å². The van der Waals surface area contributed by atoms with Crippen molar-refractivity contribution in [1.82, 2.24) is 4.57 Å². The van der Waals surface area contributed by atoms with Crippen LogP contribution >= 0.6 is 0 Å². The summed E-state index contributed by atoms with van der Waals surface area (Å²) in [5, 5.41) is 9.16. The molecule has 1 heterocycles. The van der Waals surface area contributed by atoms with Crippen LogP contribution in [-0.4, -0.2) is 17.6 Å². The van der Waals surface area contributed by atoms with E-state index in [1.165, 1.54) is 7.11 Å². The average Bonchev–Trinajstić information content (AvgIpc) is 2.82. The molecule has 0 aliphatic rings. The molecular formula is C16H17N3O2. The van der Waals surface area contributed by atoms with Gasteiger partial charge in [0.25, 0.3) is 0 Å². The third-order valence-corrected chi connectivity index (χ3v) is 3.49. The Bertz CT molecular complexity index is 739. The molecule has 0 saturated heterocycles. The number of carbonyl (C=O) groups is 1. The zero-order valence-electron chi connectivity index (χ0n) is 12.3. The van der Waals surface area contributed by atoms with Crippen LogP contribution in [0.2, 0.25) is 0 Å². The zero-order valence-corrected chi connectivity index (χ0v) is 12.3. The lowest BCUT2D eigenvalue weighted by atomic mass is 10.1. The molecular weight excluding hydrogens is 266 g/mol. The van der Waals surface area contributed by atoms with E-state index in [4.69, 9.17) is 15.7 Å². The first-order valence-corrected chi connectivity index (χ1v) is 6.63. The van der Waals surface area contributed by atoms with Gasteiger partial charge in [0, 0.05) is 6.20 Å². The molecule has 2 N–H and O–H groups in total. The van der Waals surface area contributed by atoms with E-state index in [-0.39, 0.29) is 16.9 Å². The molecule has 0 fully saturated rings. The van der Waals surface area contributed by atoms with Crippen molar-refractivity contribution in [3.05, 3.63) is 46.8 Å². The number of carbonyl (C=O) groups excluding carboxylic acids is 1. The number of nitriles is 1. The number of para-hydroxylation sites is 1. The predicted molar refractivity (Wildman–Crippen MR) is 80.4 cm³/mol. The number of anilines is 1. The lowest BCUT2D eigenvalue weighted by Crippen LogP contribution is -2.13. The van der Waals surface area contributed by atoms with Gasteiger partial charge >= 0.3 is 5.97 Å². The van der Waals surface area contributed by atoms with Crippen molar-refractivity contribution >= 4 is 11.7 Å². The lowest BCUT2D eigenvalue weighted by Gasteiger charge is -2.15. The van der Waals surface area contributed by atoms with Crippen LogP contribution in [0.15, 0.2) is 24.4 Å². The van der Waals surface area contributed by atoms with Gasteiger partial charge in [0.2, 0.25) is 0 Å². The second kappa shape index (κ2) is 5.71. The second-order valence-corrected chi connectivity index (χ2v) is 4.71. The summed E-state index contributed by atoms with van der Waals surface area (Å²) in [4.78, 5) is 12.0. The number of benzene rings is 1. The highest BCUT2D eigenvalue weighted by atomic mass is 16.5. The molecule has 108 valence electrons. The highest BCUT2D eigenvalue weighted by Crippen LogP contribution is 2.28. The van der Waals surface area contributed by atoms with Crippen LogP contribution in [0.3, 0.4) is 0 Å². The number of methoxy groups -OCH3 is 1. The van der Waals surface area contributed by atoms with Gasteiger partial charge in [-0.05, 0) is 24.5 Å². The van der Waals surface area contributed by atoms with Crippen molar-refractivity contribution in [2.75, 3.05) is 12.8 Å². The first-order chi connectivity index (χ1) is 10.0. The molecule has 0 aliphatic carbocycles. The molecule has 0 radical (unpaired) electrons. The number of nitrogen functional groups attached to an aromatic ring is 1. The van der Waals surface area contributed by atoms with Crippen molar-refractivity contribution in [2.45, 2.75) is 20.3 Å². The Morgan fingerprint density at radius 3 is 2.76 bits per heavy atom. The van der Waals surface area contributed by atoms with Gasteiger partial charge in [-0.3, -0.25) is 0 Å². The number of hydrogen-bond donors (Lipinski definition) is 1. The maximum absolute atomic E-state index is 12.0. The Labute approximate surface area is 123 Å². The van der Waals surface area contributed by atoms with Gasteiger partial charge in [-0.15, -0.1) is 0 Å². The van der Waals surface area contributed by atoms with Gasteiger partial charge in [0.15, 0.2) is 5.69 Å². The third kappa shape index (κ3) is 2.36. The largest absolute Gasteiger partial charge is 0.464 e. The summed E-state index contributed by atoms with van der Waals surface area (Å²) in [6.45, 7) is 3.99. The molecule has 21 heavy (non-hydrogen) atoms. The fourth-order valence-electron chi connectivity index (χ4n) is 2.44. The van der Waals surface area contributed by atoms with Crippen molar-refractivity contribution in [2.24, 2.45) is 0 Å². The molecule has 0 atom stereocenters. The first kappa shape index (κ1) is 14.7. The molecule has 0 spiro atoms. The smallest absolute Gasteiger partial charge is 0.357 e. The topological polar surface area (TPSA) is 81.0 Å². The molecule has 0 aliphatic heterocycles. The van der Waals surface area contributed by atoms with Crippen molar-refractivity contribution in [1.29, 1.82) is 5.26 Å². The molecule has 1 aromatic carbocycles. The summed E-state index contributed by atoms with van der Waals surface area (Å²) in [6.07, 6.45) is 2.39. The minimum absolute atomic E-state index is 0.148. The summed E-state index contributed by atoms with van der Waals surface area (Å²) >= 11 is 0. The molecule has 5 heteroatoms. The Kier molecular flexibility index (Phi) is 3.99. The minimum atomic E-state index is -0.556. The van der Waals surface area contributed by atoms with Gasteiger partial charge in [-0.2, -0.15) is 5.26 Å². The van der Waals surface area contributed by atoms with E-state index in [1.807, 2.05) is 38.1 Å². The van der Waals surface area contributed by atoms with Crippen LogP contribution < -0.4 is 5.73 Å². The van der Waals surface area contributed by atoms with Gasteiger partial charge in [-0.25, -0.2) is 4.79 Å². The number of esters is 1. The maximum atomic E-state index is 12.0. The number of nitrogens with zero attached hydrogens (tertiary/aromatic N) is 2. The minimum Gasteiger partial charge on any atom is -0.464 e. The summed E-state index contributed by atoms with van der Waals surface area (Å²) in [5.74, 6) is -0.556. The van der Waals surface area contributed by atoms with Gasteiger partial charge in [-0.1, -0.05) is 25.1 Å². The third-order valence-electron chi connectivity index (χ3n) is 3.49. The molecule has 2 rings (SSSR count). The lowest BCUT2D eigenvalue weighted by molar-refractivity contribution is 0.0593. The highest BCUT2D eigenvalue weighted by molar-refractivity contribution is 5.96. The van der Waals surface area contributed by atoms with Crippen molar-refractivity contribution in [3.63, 3.8) is 0 Å². The van der Waals surface area contributed by atoms with Crippen LogP contribution in [-0.2, 0) is 11.2 Å². The molecule has 0 unspecified atom stereocenters. The summed E-state index contributed by atoms with van der Waals surface area (Å²) in [7, 11) is 1.30. The van der Waals surface area contributed by atoms with Gasteiger partial charge in [0.05, 0.1) is 24.0 Å². The number of nitrogens with two attached hydrogens (primary N) is 1. The number of aromatic nitrogens is 1. The highest BCUT2D eigenvalue weighted by Gasteiger charge is 2.23. The Balaban J connectivity index is 2.82. The van der Waals surface area contributed by atoms with Crippen LogP contribution in [0.4, 0.5) is 5.69 Å². The number of hydrogen-bond acceptors (Lipinski definition) is 4. The SMILES string of the molecule is CCc1cccc(C)c1-n1cc(C#N)c(N)c1C(=O)OC. The predicted octanol–water partition coefficient (Wildman–Crippen LogP) is 2.59. The fraction of sp³-hybridized carbons (Fsp3) is 0.250. The quantitative estimate of drug-likeness (QED) is 0.878. The first-order valence-electron chi connectivity index (χ1n) is 6.63. The maximum Gasteiger partial charge on any atom is 0.357 e.